The summed E-state index contributed by atoms with van der Waals surface area (Å²) in [4.78, 5) is 10.3. The van der Waals surface area contributed by atoms with E-state index >= 15 is 0 Å². The van der Waals surface area contributed by atoms with Crippen LogP contribution in [-0.4, -0.2) is 16.2 Å². The van der Waals surface area contributed by atoms with Gasteiger partial charge in [0.15, 0.2) is 0 Å². The van der Waals surface area contributed by atoms with Crippen molar-refractivity contribution in [3.05, 3.63) is 29.8 Å². The second-order valence-corrected chi connectivity index (χ2v) is 7.19. The standard InChI is InChI=1S/C10H14O.C7H14O2/c1-10(2,3)8-6-4-5-7-9(8)11;1-5(6(8)9)7(2,3)4/h4-7,11H,1-3H3;5H,1-4H3,(H,8,9). The first-order chi connectivity index (χ1) is 8.87. The van der Waals surface area contributed by atoms with Crippen molar-refractivity contribution in [2.24, 2.45) is 11.3 Å². The number of rotatable bonds is 1. The van der Waals surface area contributed by atoms with E-state index in [1.807, 2.05) is 39.0 Å². The largest absolute Gasteiger partial charge is 0.508 e. The van der Waals surface area contributed by atoms with Crippen molar-refractivity contribution in [1.29, 1.82) is 0 Å². The van der Waals surface area contributed by atoms with Crippen molar-refractivity contribution in [1.82, 2.24) is 0 Å². The maximum atomic E-state index is 10.3. The molecule has 0 saturated carbocycles. The molecule has 0 aliphatic carbocycles. The van der Waals surface area contributed by atoms with Crippen LogP contribution in [-0.2, 0) is 10.2 Å². The van der Waals surface area contributed by atoms with E-state index in [0.29, 0.717) is 5.75 Å². The molecule has 1 unspecified atom stereocenters. The van der Waals surface area contributed by atoms with E-state index in [-0.39, 0.29) is 16.7 Å². The number of benzene rings is 1. The Morgan fingerprint density at radius 3 is 1.70 bits per heavy atom. The van der Waals surface area contributed by atoms with Crippen molar-refractivity contribution in [3.8, 4) is 5.75 Å². The molecule has 0 radical (unpaired) electrons. The Balaban J connectivity index is 0.000000370. The molecule has 20 heavy (non-hydrogen) atoms. The highest BCUT2D eigenvalue weighted by Gasteiger charge is 2.25. The Kier molecular flexibility index (Phi) is 6.27. The summed E-state index contributed by atoms with van der Waals surface area (Å²) in [5.74, 6) is -0.597. The summed E-state index contributed by atoms with van der Waals surface area (Å²) in [7, 11) is 0. The maximum Gasteiger partial charge on any atom is 0.306 e. The molecule has 0 aromatic heterocycles. The number of hydrogen-bond donors (Lipinski definition) is 2. The minimum absolute atomic E-state index is 0.0331. The zero-order valence-corrected chi connectivity index (χ0v) is 13.7. The molecule has 1 rings (SSSR count). The highest BCUT2D eigenvalue weighted by atomic mass is 16.4. The van der Waals surface area contributed by atoms with Gasteiger partial charge in [0.05, 0.1) is 5.92 Å². The molecule has 3 nitrogen and oxygen atoms in total. The number of para-hydroxylation sites is 1. The zero-order chi connectivity index (χ0) is 16.1. The van der Waals surface area contributed by atoms with Crippen LogP contribution in [0.4, 0.5) is 0 Å². The number of phenols is 1. The molecule has 0 saturated heterocycles. The number of hydrogen-bond acceptors (Lipinski definition) is 2. The first kappa shape index (κ1) is 18.5. The number of carbonyl (C=O) groups is 1. The third kappa shape index (κ3) is 6.09. The molecule has 1 aromatic rings. The zero-order valence-electron chi connectivity index (χ0n) is 13.7. The van der Waals surface area contributed by atoms with Gasteiger partial charge in [0.25, 0.3) is 0 Å². The van der Waals surface area contributed by atoms with E-state index in [4.69, 9.17) is 5.11 Å². The summed E-state index contributed by atoms with van der Waals surface area (Å²) in [6, 6.07) is 7.46. The van der Waals surface area contributed by atoms with Gasteiger partial charge in [-0.3, -0.25) is 4.79 Å². The number of aromatic hydroxyl groups is 1. The van der Waals surface area contributed by atoms with E-state index in [1.54, 1.807) is 13.0 Å². The molecule has 114 valence electrons. The van der Waals surface area contributed by atoms with Gasteiger partial charge >= 0.3 is 5.97 Å². The van der Waals surface area contributed by atoms with E-state index in [2.05, 4.69) is 20.8 Å². The van der Waals surface area contributed by atoms with E-state index in [9.17, 15) is 9.90 Å². The summed E-state index contributed by atoms with van der Waals surface area (Å²) in [6.45, 7) is 13.7. The Hall–Kier alpha value is -1.51. The van der Waals surface area contributed by atoms with Crippen LogP contribution in [0, 0.1) is 11.3 Å². The molecule has 1 aromatic carbocycles. The van der Waals surface area contributed by atoms with Crippen molar-refractivity contribution in [2.45, 2.75) is 53.9 Å². The summed E-state index contributed by atoms with van der Waals surface area (Å²) < 4.78 is 0. The van der Waals surface area contributed by atoms with Crippen LogP contribution in [0.5, 0.6) is 5.75 Å². The van der Waals surface area contributed by atoms with Gasteiger partial charge in [0.1, 0.15) is 5.75 Å². The minimum atomic E-state index is -0.720. The fourth-order valence-corrected chi connectivity index (χ4v) is 1.48. The van der Waals surface area contributed by atoms with Gasteiger partial charge in [0, 0.05) is 0 Å². The van der Waals surface area contributed by atoms with E-state index < -0.39 is 5.97 Å². The predicted molar refractivity (Wildman–Crippen MR) is 83.1 cm³/mol. The van der Waals surface area contributed by atoms with Gasteiger partial charge < -0.3 is 10.2 Å². The third-order valence-electron chi connectivity index (χ3n) is 3.38. The average Bonchev–Trinajstić information content (AvgIpc) is 2.26. The van der Waals surface area contributed by atoms with Crippen LogP contribution in [0.1, 0.15) is 54.0 Å². The predicted octanol–water partition coefficient (Wildman–Crippen LogP) is 4.44. The summed E-state index contributed by atoms with van der Waals surface area (Å²) >= 11 is 0. The third-order valence-corrected chi connectivity index (χ3v) is 3.38. The Morgan fingerprint density at radius 1 is 1.05 bits per heavy atom. The van der Waals surface area contributed by atoms with E-state index in [0.717, 1.165) is 5.56 Å². The average molecular weight is 280 g/mol. The van der Waals surface area contributed by atoms with Gasteiger partial charge in [-0.25, -0.2) is 0 Å². The fourth-order valence-electron chi connectivity index (χ4n) is 1.48. The first-order valence-corrected chi connectivity index (χ1v) is 6.88. The van der Waals surface area contributed by atoms with Gasteiger partial charge in [-0.05, 0) is 22.5 Å². The summed E-state index contributed by atoms with van der Waals surface area (Å²) in [6.07, 6.45) is 0. The Bertz CT molecular complexity index is 436. The van der Waals surface area contributed by atoms with Crippen LogP contribution in [0.25, 0.3) is 0 Å². The smallest absolute Gasteiger partial charge is 0.306 e. The molecule has 0 amide bonds. The van der Waals surface area contributed by atoms with Crippen LogP contribution < -0.4 is 0 Å². The normalized spacial score (nSPS) is 13.2. The Labute approximate surface area is 122 Å². The minimum Gasteiger partial charge on any atom is -0.508 e. The molecule has 0 aliphatic rings. The number of phenolic OH excluding ortho intramolecular Hbond substituents is 1. The van der Waals surface area contributed by atoms with Gasteiger partial charge in [0.2, 0.25) is 0 Å². The molecule has 3 heteroatoms. The lowest BCUT2D eigenvalue weighted by molar-refractivity contribution is -0.144. The topological polar surface area (TPSA) is 57.5 Å². The van der Waals surface area contributed by atoms with Crippen LogP contribution >= 0.6 is 0 Å². The molecule has 0 aliphatic heterocycles. The molecule has 2 N–H and O–H groups in total. The van der Waals surface area contributed by atoms with Crippen LogP contribution in [0.15, 0.2) is 24.3 Å². The van der Waals surface area contributed by atoms with Crippen molar-refractivity contribution in [2.75, 3.05) is 0 Å². The molecular weight excluding hydrogens is 252 g/mol. The highest BCUT2D eigenvalue weighted by Crippen LogP contribution is 2.29. The van der Waals surface area contributed by atoms with Gasteiger partial charge in [-0.15, -0.1) is 0 Å². The molecular formula is C17H28O3. The van der Waals surface area contributed by atoms with Crippen molar-refractivity contribution < 1.29 is 15.0 Å². The van der Waals surface area contributed by atoms with Crippen LogP contribution in [0.2, 0.25) is 0 Å². The lowest BCUT2D eigenvalue weighted by Crippen LogP contribution is -2.25. The second-order valence-electron chi connectivity index (χ2n) is 7.19. The molecule has 0 fully saturated rings. The summed E-state index contributed by atoms with van der Waals surface area (Å²) in [5, 5.41) is 18.0. The maximum absolute atomic E-state index is 10.3. The monoisotopic (exact) mass is 280 g/mol. The van der Waals surface area contributed by atoms with E-state index in [1.165, 1.54) is 0 Å². The quantitative estimate of drug-likeness (QED) is 0.799. The van der Waals surface area contributed by atoms with Gasteiger partial charge in [-0.1, -0.05) is 66.7 Å². The molecule has 1 atom stereocenters. The Morgan fingerprint density at radius 2 is 1.50 bits per heavy atom. The number of carboxylic acids is 1. The van der Waals surface area contributed by atoms with Gasteiger partial charge in [-0.2, -0.15) is 0 Å². The molecule has 0 spiro atoms. The fraction of sp³-hybridized carbons (Fsp3) is 0.588. The van der Waals surface area contributed by atoms with Crippen molar-refractivity contribution >= 4 is 5.97 Å². The van der Waals surface area contributed by atoms with Crippen molar-refractivity contribution in [3.63, 3.8) is 0 Å². The van der Waals surface area contributed by atoms with Crippen LogP contribution in [0.3, 0.4) is 0 Å². The molecule has 0 heterocycles. The highest BCUT2D eigenvalue weighted by molar-refractivity contribution is 5.70. The first-order valence-electron chi connectivity index (χ1n) is 6.88. The second kappa shape index (κ2) is 6.78. The SMILES string of the molecule is CC(C(=O)O)C(C)(C)C.CC(C)(C)c1ccccc1O. The number of carboxylic acid groups (broad SMARTS) is 1. The molecule has 0 bridgehead atoms. The lowest BCUT2D eigenvalue weighted by atomic mass is 9.82. The summed E-state index contributed by atoms with van der Waals surface area (Å²) in [5.41, 5.74) is 0.914. The number of aliphatic carboxylic acids is 1. The lowest BCUT2D eigenvalue weighted by Gasteiger charge is -2.22.